The predicted octanol–water partition coefficient (Wildman–Crippen LogP) is 5.07. The van der Waals surface area contributed by atoms with Crippen LogP contribution in [0.4, 0.5) is 8.78 Å². The van der Waals surface area contributed by atoms with Crippen molar-refractivity contribution in [2.75, 3.05) is 6.54 Å². The Kier molecular flexibility index (Phi) is 4.93. The standard InChI is InChI=1S/C23H20F2N4O2S/c1-12-17(10-26-28(12)3)18-11-29(13(2)15-6-7-32-22(15)18)23(30)20-9-21(31-27-20)16-5-4-14(24)8-19(16)25/h4-10,13,18H,11H2,1-3H3/t13-,18+/m0/s1. The molecule has 2 atom stereocenters. The summed E-state index contributed by atoms with van der Waals surface area (Å²) in [5.74, 6) is -1.70. The molecule has 0 spiro atoms. The van der Waals surface area contributed by atoms with Gasteiger partial charge in [-0.2, -0.15) is 5.10 Å². The largest absolute Gasteiger partial charge is 0.355 e. The molecule has 1 aliphatic heterocycles. The highest BCUT2D eigenvalue weighted by Crippen LogP contribution is 2.43. The molecule has 1 aliphatic rings. The molecule has 4 aromatic rings. The van der Waals surface area contributed by atoms with E-state index in [1.165, 1.54) is 17.0 Å². The number of fused-ring (bicyclic) bond motifs is 1. The summed E-state index contributed by atoms with van der Waals surface area (Å²) < 4.78 is 34.4. The summed E-state index contributed by atoms with van der Waals surface area (Å²) in [6.45, 7) is 4.46. The van der Waals surface area contributed by atoms with Gasteiger partial charge in [-0.05, 0) is 43.0 Å². The van der Waals surface area contributed by atoms with Crippen molar-refractivity contribution in [3.63, 3.8) is 0 Å². The van der Waals surface area contributed by atoms with E-state index >= 15 is 0 Å². The van der Waals surface area contributed by atoms with Crippen LogP contribution in [-0.2, 0) is 7.05 Å². The molecule has 0 radical (unpaired) electrons. The van der Waals surface area contributed by atoms with Gasteiger partial charge in [0.25, 0.3) is 5.91 Å². The number of amides is 1. The van der Waals surface area contributed by atoms with E-state index in [2.05, 4.69) is 10.3 Å². The number of nitrogens with zero attached hydrogens (tertiary/aromatic N) is 4. The van der Waals surface area contributed by atoms with Gasteiger partial charge in [0.05, 0.1) is 17.8 Å². The van der Waals surface area contributed by atoms with Gasteiger partial charge in [-0.25, -0.2) is 8.78 Å². The molecular weight excluding hydrogens is 434 g/mol. The fourth-order valence-corrected chi connectivity index (χ4v) is 5.36. The third-order valence-electron chi connectivity index (χ3n) is 6.18. The van der Waals surface area contributed by atoms with Gasteiger partial charge in [0.15, 0.2) is 11.5 Å². The molecule has 164 valence electrons. The molecule has 32 heavy (non-hydrogen) atoms. The van der Waals surface area contributed by atoms with E-state index < -0.39 is 11.6 Å². The number of carbonyl (C=O) groups is 1. The van der Waals surface area contributed by atoms with Crippen LogP contribution in [0.1, 0.15) is 51.1 Å². The molecule has 0 saturated carbocycles. The number of aromatic nitrogens is 3. The molecule has 0 aliphatic carbocycles. The minimum atomic E-state index is -0.776. The number of benzene rings is 1. The SMILES string of the molecule is Cc1c([C@H]2CN(C(=O)c3cc(-c4ccc(F)cc4F)on3)[C@@H](C)c3ccsc32)cnn1C. The lowest BCUT2D eigenvalue weighted by Gasteiger charge is -2.37. The van der Waals surface area contributed by atoms with Crippen molar-refractivity contribution in [3.05, 3.63) is 80.9 Å². The molecule has 0 saturated heterocycles. The molecule has 0 fully saturated rings. The van der Waals surface area contributed by atoms with Gasteiger partial charge in [0.2, 0.25) is 0 Å². The average Bonchev–Trinajstić information content (AvgIpc) is 3.50. The summed E-state index contributed by atoms with van der Waals surface area (Å²) in [5.41, 5.74) is 3.35. The molecule has 1 aromatic carbocycles. The Bertz CT molecular complexity index is 1330. The number of hydrogen-bond acceptors (Lipinski definition) is 5. The first-order chi connectivity index (χ1) is 15.3. The van der Waals surface area contributed by atoms with Crippen LogP contribution >= 0.6 is 11.3 Å². The second-order valence-electron chi connectivity index (χ2n) is 7.94. The summed E-state index contributed by atoms with van der Waals surface area (Å²) in [4.78, 5) is 16.4. The number of halogens is 2. The van der Waals surface area contributed by atoms with E-state index in [4.69, 9.17) is 4.52 Å². The monoisotopic (exact) mass is 454 g/mol. The lowest BCUT2D eigenvalue weighted by Crippen LogP contribution is -2.40. The second-order valence-corrected chi connectivity index (χ2v) is 8.88. The molecular formula is C23H20F2N4O2S. The number of rotatable bonds is 3. The minimum Gasteiger partial charge on any atom is -0.355 e. The second kappa shape index (κ2) is 7.67. The number of aryl methyl sites for hydroxylation is 1. The summed E-state index contributed by atoms with van der Waals surface area (Å²) in [7, 11) is 1.90. The number of thiophene rings is 1. The van der Waals surface area contributed by atoms with Gasteiger partial charge in [-0.1, -0.05) is 5.16 Å². The van der Waals surface area contributed by atoms with Crippen LogP contribution in [0.15, 0.2) is 46.4 Å². The summed E-state index contributed by atoms with van der Waals surface area (Å²) in [6, 6.07) is 6.46. The summed E-state index contributed by atoms with van der Waals surface area (Å²) in [6.07, 6.45) is 1.85. The normalized spacial score (nSPS) is 18.1. The first kappa shape index (κ1) is 20.6. The van der Waals surface area contributed by atoms with Gasteiger partial charge in [0, 0.05) is 47.8 Å². The van der Waals surface area contributed by atoms with Crippen LogP contribution in [0.3, 0.4) is 0 Å². The molecule has 0 bridgehead atoms. The van der Waals surface area contributed by atoms with E-state index in [0.717, 1.165) is 29.0 Å². The first-order valence-electron chi connectivity index (χ1n) is 10.1. The van der Waals surface area contributed by atoms with Crippen LogP contribution in [-0.4, -0.2) is 32.3 Å². The van der Waals surface area contributed by atoms with Gasteiger partial charge in [-0.3, -0.25) is 9.48 Å². The predicted molar refractivity (Wildman–Crippen MR) is 115 cm³/mol. The summed E-state index contributed by atoms with van der Waals surface area (Å²) >= 11 is 1.68. The van der Waals surface area contributed by atoms with E-state index in [9.17, 15) is 13.6 Å². The fraction of sp³-hybridized carbons (Fsp3) is 0.261. The highest BCUT2D eigenvalue weighted by Gasteiger charge is 2.37. The van der Waals surface area contributed by atoms with E-state index in [-0.39, 0.29) is 34.9 Å². The number of hydrogen-bond donors (Lipinski definition) is 0. The quantitative estimate of drug-likeness (QED) is 0.434. The molecule has 6 nitrogen and oxygen atoms in total. The zero-order chi connectivity index (χ0) is 22.6. The Morgan fingerprint density at radius 3 is 2.75 bits per heavy atom. The third kappa shape index (κ3) is 3.24. The Hall–Kier alpha value is -3.33. The van der Waals surface area contributed by atoms with E-state index in [0.29, 0.717) is 6.54 Å². The topological polar surface area (TPSA) is 64.2 Å². The molecule has 0 unspecified atom stereocenters. The summed E-state index contributed by atoms with van der Waals surface area (Å²) in [5, 5.41) is 10.3. The fourth-order valence-electron chi connectivity index (χ4n) is 4.26. The van der Waals surface area contributed by atoms with Crippen molar-refractivity contribution in [1.82, 2.24) is 19.8 Å². The zero-order valence-electron chi connectivity index (χ0n) is 17.7. The lowest BCUT2D eigenvalue weighted by molar-refractivity contribution is 0.0656. The number of carbonyl (C=O) groups excluding carboxylic acids is 1. The highest BCUT2D eigenvalue weighted by molar-refractivity contribution is 7.10. The molecule has 0 N–H and O–H groups in total. The van der Waals surface area contributed by atoms with Crippen molar-refractivity contribution in [1.29, 1.82) is 0 Å². The van der Waals surface area contributed by atoms with E-state index in [1.54, 1.807) is 16.2 Å². The molecule has 9 heteroatoms. The van der Waals surface area contributed by atoms with Crippen molar-refractivity contribution in [2.45, 2.75) is 25.8 Å². The van der Waals surface area contributed by atoms with Crippen molar-refractivity contribution >= 4 is 17.2 Å². The Balaban J connectivity index is 1.49. The maximum atomic E-state index is 14.1. The Morgan fingerprint density at radius 2 is 2.03 bits per heavy atom. The van der Waals surface area contributed by atoms with Crippen molar-refractivity contribution in [2.24, 2.45) is 7.05 Å². The average molecular weight is 455 g/mol. The van der Waals surface area contributed by atoms with Crippen LogP contribution in [0.5, 0.6) is 0 Å². The first-order valence-corrected chi connectivity index (χ1v) is 11.0. The zero-order valence-corrected chi connectivity index (χ0v) is 18.5. The van der Waals surface area contributed by atoms with Gasteiger partial charge in [0.1, 0.15) is 11.6 Å². The Labute approximate surface area is 187 Å². The molecule has 5 rings (SSSR count). The maximum Gasteiger partial charge on any atom is 0.276 e. The Morgan fingerprint density at radius 1 is 1.22 bits per heavy atom. The van der Waals surface area contributed by atoms with E-state index in [1.807, 2.05) is 43.2 Å². The van der Waals surface area contributed by atoms with Crippen LogP contribution in [0.25, 0.3) is 11.3 Å². The smallest absolute Gasteiger partial charge is 0.276 e. The van der Waals surface area contributed by atoms with Crippen LogP contribution in [0, 0.1) is 18.6 Å². The minimum absolute atomic E-state index is 0.000218. The van der Waals surface area contributed by atoms with Crippen LogP contribution < -0.4 is 0 Å². The lowest BCUT2D eigenvalue weighted by atomic mass is 9.88. The molecule has 3 aromatic heterocycles. The van der Waals surface area contributed by atoms with Crippen molar-refractivity contribution < 1.29 is 18.1 Å². The van der Waals surface area contributed by atoms with Crippen LogP contribution in [0.2, 0.25) is 0 Å². The van der Waals surface area contributed by atoms with Gasteiger partial charge in [-0.15, -0.1) is 11.3 Å². The molecule has 4 heterocycles. The van der Waals surface area contributed by atoms with Gasteiger partial charge >= 0.3 is 0 Å². The maximum absolute atomic E-state index is 14.1. The third-order valence-corrected chi connectivity index (χ3v) is 7.22. The highest BCUT2D eigenvalue weighted by atomic mass is 32.1. The van der Waals surface area contributed by atoms with Crippen molar-refractivity contribution in [3.8, 4) is 11.3 Å². The molecule has 1 amide bonds. The van der Waals surface area contributed by atoms with Gasteiger partial charge < -0.3 is 9.42 Å².